The zero-order valence-electron chi connectivity index (χ0n) is 18.4. The number of halogens is 5. The molecule has 1 aromatic heterocycles. The predicted molar refractivity (Wildman–Crippen MR) is 120 cm³/mol. The minimum absolute atomic E-state index is 0.0164. The molecule has 0 bridgehead atoms. The number of rotatable bonds is 5. The van der Waals surface area contributed by atoms with Gasteiger partial charge in [-0.3, -0.25) is 19.1 Å². The van der Waals surface area contributed by atoms with Crippen molar-refractivity contribution >= 4 is 46.1 Å². The third-order valence-electron chi connectivity index (χ3n) is 4.90. The second-order valence-corrected chi connectivity index (χ2v) is 8.52. The summed E-state index contributed by atoms with van der Waals surface area (Å²) in [6.45, 7) is 3.09. The van der Waals surface area contributed by atoms with Crippen LogP contribution in [-0.4, -0.2) is 49.5 Å². The lowest BCUT2D eigenvalue weighted by Gasteiger charge is -2.22. The summed E-state index contributed by atoms with van der Waals surface area (Å²) in [5.74, 6) is -2.39. The number of amidine groups is 1. The molecule has 0 saturated carbocycles. The quantitative estimate of drug-likeness (QED) is 0.430. The molecule has 1 amide bonds. The molecule has 1 unspecified atom stereocenters. The summed E-state index contributed by atoms with van der Waals surface area (Å²) >= 11 is 7.02. The van der Waals surface area contributed by atoms with Crippen LogP contribution in [0.15, 0.2) is 32.8 Å². The fourth-order valence-electron chi connectivity index (χ4n) is 3.21. The van der Waals surface area contributed by atoms with Crippen molar-refractivity contribution in [1.29, 1.82) is 0 Å². The Hall–Kier alpha value is -3.13. The normalized spacial score (nSPS) is 16.2. The lowest BCUT2D eigenvalue weighted by Crippen LogP contribution is -2.43. The summed E-state index contributed by atoms with van der Waals surface area (Å²) in [6, 6.07) is 0.729. The van der Waals surface area contributed by atoms with E-state index in [2.05, 4.69) is 4.99 Å². The number of carbonyl (C=O) groups is 2. The van der Waals surface area contributed by atoms with Gasteiger partial charge in [0, 0.05) is 13.1 Å². The van der Waals surface area contributed by atoms with Crippen LogP contribution in [0.25, 0.3) is 5.69 Å². The highest BCUT2D eigenvalue weighted by Gasteiger charge is 2.37. The van der Waals surface area contributed by atoms with E-state index in [9.17, 15) is 36.7 Å². The number of esters is 1. The maximum Gasteiger partial charge on any atom is 0.431 e. The zero-order chi connectivity index (χ0) is 26.2. The number of nitrogens with zero attached hydrogens (tertiary/aromatic N) is 4. The molecular formula is C20H17ClF4N4O5S. The molecule has 9 nitrogen and oxygen atoms in total. The van der Waals surface area contributed by atoms with Crippen LogP contribution in [0, 0.1) is 5.82 Å². The van der Waals surface area contributed by atoms with E-state index in [1.54, 1.807) is 6.92 Å². The van der Waals surface area contributed by atoms with E-state index in [1.807, 2.05) is 0 Å². The van der Waals surface area contributed by atoms with Gasteiger partial charge >= 0.3 is 17.8 Å². The molecule has 2 aromatic rings. The fourth-order valence-corrected chi connectivity index (χ4v) is 4.36. The maximum atomic E-state index is 14.7. The maximum absolute atomic E-state index is 14.7. The standard InChI is InChI=1S/C20H17ClF4N4O5S/c1-4-34-17(32)9(2)28-16(31)8-35-18(28)26-12-6-13(11(22)5-10(12)21)29-15(30)7-14(20(23,24)25)27(3)19(29)33/h5-7,9H,4,8H2,1-3H3. The molecule has 0 aliphatic carbocycles. The number of thioether (sulfide) groups is 1. The monoisotopic (exact) mass is 536 g/mol. The molecule has 188 valence electrons. The summed E-state index contributed by atoms with van der Waals surface area (Å²) in [4.78, 5) is 54.6. The van der Waals surface area contributed by atoms with E-state index in [4.69, 9.17) is 16.3 Å². The summed E-state index contributed by atoms with van der Waals surface area (Å²) in [5.41, 5.74) is -5.29. The van der Waals surface area contributed by atoms with Crippen LogP contribution in [0.1, 0.15) is 19.5 Å². The Labute approximate surface area is 203 Å². The Kier molecular flexibility index (Phi) is 7.45. The van der Waals surface area contributed by atoms with Crippen LogP contribution in [-0.2, 0) is 27.5 Å². The van der Waals surface area contributed by atoms with Crippen molar-refractivity contribution in [3.8, 4) is 5.69 Å². The van der Waals surface area contributed by atoms with Gasteiger partial charge in [-0.15, -0.1) is 0 Å². The second-order valence-electron chi connectivity index (χ2n) is 7.17. The minimum Gasteiger partial charge on any atom is -0.464 e. The molecule has 1 aliphatic rings. The Balaban J connectivity index is 2.15. The Morgan fingerprint density at radius 3 is 2.51 bits per heavy atom. The van der Waals surface area contributed by atoms with Gasteiger partial charge in [-0.2, -0.15) is 13.2 Å². The van der Waals surface area contributed by atoms with Crippen molar-refractivity contribution in [2.45, 2.75) is 26.1 Å². The number of hydrogen-bond acceptors (Lipinski definition) is 7. The first-order chi connectivity index (χ1) is 16.3. The Bertz CT molecular complexity index is 1350. The van der Waals surface area contributed by atoms with E-state index in [0.29, 0.717) is 0 Å². The average Bonchev–Trinajstić information content (AvgIpc) is 3.12. The van der Waals surface area contributed by atoms with Crippen LogP contribution in [0.2, 0.25) is 5.02 Å². The summed E-state index contributed by atoms with van der Waals surface area (Å²) in [7, 11) is 0.783. The van der Waals surface area contributed by atoms with E-state index >= 15 is 0 Å². The molecule has 1 atom stereocenters. The van der Waals surface area contributed by atoms with Gasteiger partial charge < -0.3 is 4.74 Å². The third-order valence-corrected chi connectivity index (χ3v) is 6.14. The van der Waals surface area contributed by atoms with Gasteiger partial charge in [0.1, 0.15) is 17.6 Å². The van der Waals surface area contributed by atoms with Crippen LogP contribution in [0.3, 0.4) is 0 Å². The van der Waals surface area contributed by atoms with Crippen LogP contribution in [0.4, 0.5) is 23.2 Å². The van der Waals surface area contributed by atoms with Gasteiger partial charge in [-0.25, -0.2) is 23.5 Å². The molecule has 0 N–H and O–H groups in total. The fraction of sp³-hybridized carbons (Fsp3) is 0.350. The molecule has 1 aliphatic heterocycles. The van der Waals surface area contributed by atoms with E-state index in [0.717, 1.165) is 35.8 Å². The van der Waals surface area contributed by atoms with Crippen molar-refractivity contribution in [3.63, 3.8) is 0 Å². The van der Waals surface area contributed by atoms with Gasteiger partial charge in [0.15, 0.2) is 5.17 Å². The molecule has 0 radical (unpaired) electrons. The molecule has 1 aromatic carbocycles. The summed E-state index contributed by atoms with van der Waals surface area (Å²) in [6.07, 6.45) is -4.99. The first kappa shape index (κ1) is 26.5. The lowest BCUT2D eigenvalue weighted by molar-refractivity contribution is -0.150. The van der Waals surface area contributed by atoms with Crippen LogP contribution < -0.4 is 11.2 Å². The van der Waals surface area contributed by atoms with Gasteiger partial charge in [0.2, 0.25) is 5.91 Å². The number of aliphatic imine (C=N–C) groups is 1. The summed E-state index contributed by atoms with van der Waals surface area (Å²) < 4.78 is 59.4. The Morgan fingerprint density at radius 1 is 1.26 bits per heavy atom. The van der Waals surface area contributed by atoms with E-state index in [1.165, 1.54) is 6.92 Å². The number of carbonyl (C=O) groups excluding carboxylic acids is 2. The smallest absolute Gasteiger partial charge is 0.431 e. The highest BCUT2D eigenvalue weighted by Crippen LogP contribution is 2.33. The van der Waals surface area contributed by atoms with Crippen molar-refractivity contribution in [3.05, 3.63) is 55.6 Å². The number of hydrogen-bond donors (Lipinski definition) is 0. The molecular weight excluding hydrogens is 520 g/mol. The second kappa shape index (κ2) is 9.85. The predicted octanol–water partition coefficient (Wildman–Crippen LogP) is 2.86. The van der Waals surface area contributed by atoms with Gasteiger partial charge in [0.25, 0.3) is 5.56 Å². The zero-order valence-corrected chi connectivity index (χ0v) is 19.9. The molecule has 35 heavy (non-hydrogen) atoms. The van der Waals surface area contributed by atoms with Crippen LogP contribution >= 0.6 is 23.4 Å². The first-order valence-electron chi connectivity index (χ1n) is 9.87. The molecule has 1 fully saturated rings. The SMILES string of the molecule is CCOC(=O)C(C)N1C(=O)CSC1=Nc1cc(-n2c(=O)cc(C(F)(F)F)n(C)c2=O)c(F)cc1Cl. The average molecular weight is 537 g/mol. The van der Waals surface area contributed by atoms with Crippen molar-refractivity contribution in [1.82, 2.24) is 14.0 Å². The molecule has 2 heterocycles. The number of benzene rings is 1. The highest BCUT2D eigenvalue weighted by molar-refractivity contribution is 8.15. The van der Waals surface area contributed by atoms with E-state index in [-0.39, 0.29) is 43.4 Å². The molecule has 15 heteroatoms. The number of amides is 1. The summed E-state index contributed by atoms with van der Waals surface area (Å²) in [5, 5.41) is -0.262. The van der Waals surface area contributed by atoms with Gasteiger partial charge in [0.05, 0.1) is 28.8 Å². The van der Waals surface area contributed by atoms with Crippen LogP contribution in [0.5, 0.6) is 0 Å². The molecule has 0 spiro atoms. The van der Waals surface area contributed by atoms with Gasteiger partial charge in [-0.05, 0) is 26.0 Å². The highest BCUT2D eigenvalue weighted by atomic mass is 35.5. The first-order valence-corrected chi connectivity index (χ1v) is 11.2. The lowest BCUT2D eigenvalue weighted by atomic mass is 10.2. The molecule has 1 saturated heterocycles. The van der Waals surface area contributed by atoms with Gasteiger partial charge in [-0.1, -0.05) is 23.4 Å². The van der Waals surface area contributed by atoms with Crippen molar-refractivity contribution in [2.24, 2.45) is 12.0 Å². The van der Waals surface area contributed by atoms with E-state index < -0.39 is 52.5 Å². The minimum atomic E-state index is -4.99. The van der Waals surface area contributed by atoms with Crippen molar-refractivity contribution < 1.29 is 31.9 Å². The largest absolute Gasteiger partial charge is 0.464 e. The number of aromatic nitrogens is 2. The molecule has 3 rings (SSSR count). The third kappa shape index (κ3) is 5.12. The Morgan fingerprint density at radius 2 is 1.91 bits per heavy atom. The topological polar surface area (TPSA) is 103 Å². The number of alkyl halides is 3. The number of ether oxygens (including phenoxy) is 1. The van der Waals surface area contributed by atoms with Crippen molar-refractivity contribution in [2.75, 3.05) is 12.4 Å².